The highest BCUT2D eigenvalue weighted by atomic mass is 35.5. The molecule has 0 amide bonds. The van der Waals surface area contributed by atoms with Crippen molar-refractivity contribution in [2.24, 2.45) is 4.99 Å². The highest BCUT2D eigenvalue weighted by Crippen LogP contribution is 2.22. The Kier molecular flexibility index (Phi) is 7.78. The van der Waals surface area contributed by atoms with Crippen LogP contribution in [0.4, 0.5) is 0 Å². The Labute approximate surface area is 160 Å². The first kappa shape index (κ1) is 20.1. The van der Waals surface area contributed by atoms with Crippen molar-refractivity contribution in [3.8, 4) is 5.75 Å². The highest BCUT2D eigenvalue weighted by Gasteiger charge is 2.08. The maximum Gasteiger partial charge on any atom is 0.190 e. The molecule has 6 nitrogen and oxygen atoms in total. The lowest BCUT2D eigenvalue weighted by atomic mass is 10.1. The third-order valence-electron chi connectivity index (χ3n) is 4.25. The third-order valence-corrected chi connectivity index (χ3v) is 4.60. The number of hydrogen-bond donors (Lipinski definition) is 2. The monoisotopic (exact) mass is 378 g/mol. The van der Waals surface area contributed by atoms with Crippen LogP contribution < -0.4 is 15.4 Å². The van der Waals surface area contributed by atoms with Crippen LogP contribution in [0.5, 0.6) is 5.75 Å². The van der Waals surface area contributed by atoms with Crippen LogP contribution >= 0.6 is 11.6 Å². The zero-order valence-corrected chi connectivity index (χ0v) is 16.6. The number of halogens is 1. The summed E-state index contributed by atoms with van der Waals surface area (Å²) in [6, 6.07) is 5.74. The van der Waals surface area contributed by atoms with Gasteiger partial charge < -0.3 is 19.9 Å². The smallest absolute Gasteiger partial charge is 0.190 e. The molecule has 7 heteroatoms. The number of nitrogens with zero attached hydrogens (tertiary/aromatic N) is 2. The molecule has 0 bridgehead atoms. The van der Waals surface area contributed by atoms with Gasteiger partial charge in [-0.3, -0.25) is 4.99 Å². The van der Waals surface area contributed by atoms with Crippen LogP contribution in [0.15, 0.2) is 27.7 Å². The van der Waals surface area contributed by atoms with E-state index in [1.165, 1.54) is 5.56 Å². The molecule has 2 rings (SSSR count). The van der Waals surface area contributed by atoms with Crippen molar-refractivity contribution in [2.45, 2.75) is 33.1 Å². The number of ether oxygens (including phenoxy) is 1. The third kappa shape index (κ3) is 5.66. The summed E-state index contributed by atoms with van der Waals surface area (Å²) in [7, 11) is 3.40. The molecule has 0 atom stereocenters. The average molecular weight is 379 g/mol. The van der Waals surface area contributed by atoms with Crippen LogP contribution in [0.2, 0.25) is 5.02 Å². The van der Waals surface area contributed by atoms with Crippen LogP contribution in [0, 0.1) is 13.8 Å². The Bertz CT molecular complexity index is 724. The van der Waals surface area contributed by atoms with Gasteiger partial charge in [-0.2, -0.15) is 0 Å². The second kappa shape index (κ2) is 10.1. The number of nitrogens with one attached hydrogen (secondary N) is 2. The lowest BCUT2D eigenvalue weighted by Crippen LogP contribution is -2.38. The molecule has 1 heterocycles. The van der Waals surface area contributed by atoms with Crippen LogP contribution in [0.25, 0.3) is 0 Å². The Morgan fingerprint density at radius 3 is 2.62 bits per heavy atom. The first-order valence-electron chi connectivity index (χ1n) is 8.73. The summed E-state index contributed by atoms with van der Waals surface area (Å²) in [6.45, 7) is 5.50. The zero-order chi connectivity index (χ0) is 18.9. The van der Waals surface area contributed by atoms with E-state index >= 15 is 0 Å². The molecule has 0 saturated carbocycles. The quantitative estimate of drug-likeness (QED) is 0.419. The van der Waals surface area contributed by atoms with Gasteiger partial charge in [-0.05, 0) is 50.8 Å². The van der Waals surface area contributed by atoms with Crippen LogP contribution in [0.3, 0.4) is 0 Å². The minimum atomic E-state index is 0.716. The summed E-state index contributed by atoms with van der Waals surface area (Å²) in [5.74, 6) is 2.46. The molecule has 1 aromatic carbocycles. The molecule has 0 aliphatic rings. The van der Waals surface area contributed by atoms with Crippen molar-refractivity contribution >= 4 is 17.6 Å². The number of aliphatic imine (C=N–C) groups is 1. The van der Waals surface area contributed by atoms with Gasteiger partial charge in [0.2, 0.25) is 0 Å². The zero-order valence-electron chi connectivity index (χ0n) is 15.9. The summed E-state index contributed by atoms with van der Waals surface area (Å²) >= 11 is 6.27. The van der Waals surface area contributed by atoms with Gasteiger partial charge in [0.05, 0.1) is 12.8 Å². The number of rotatable bonds is 8. The minimum Gasteiger partial charge on any atom is -0.497 e. The molecule has 0 aliphatic heterocycles. The van der Waals surface area contributed by atoms with Gasteiger partial charge >= 0.3 is 0 Å². The van der Waals surface area contributed by atoms with Crippen LogP contribution in [-0.2, 0) is 12.8 Å². The van der Waals surface area contributed by atoms with Gasteiger partial charge in [0, 0.05) is 30.7 Å². The Morgan fingerprint density at radius 1 is 1.23 bits per heavy atom. The molecule has 26 heavy (non-hydrogen) atoms. The van der Waals surface area contributed by atoms with Gasteiger partial charge in [-0.1, -0.05) is 22.8 Å². The first-order chi connectivity index (χ1) is 12.5. The molecule has 2 N–H and O–H groups in total. The maximum atomic E-state index is 6.27. The van der Waals surface area contributed by atoms with Crippen LogP contribution in [0.1, 0.15) is 29.0 Å². The number of benzene rings is 1. The van der Waals surface area contributed by atoms with Gasteiger partial charge in [0.1, 0.15) is 11.5 Å². The largest absolute Gasteiger partial charge is 0.497 e. The summed E-state index contributed by atoms with van der Waals surface area (Å²) in [4.78, 5) is 4.25. The fourth-order valence-electron chi connectivity index (χ4n) is 2.72. The summed E-state index contributed by atoms with van der Waals surface area (Å²) in [6.07, 6.45) is 2.73. The van der Waals surface area contributed by atoms with Gasteiger partial charge in [-0.25, -0.2) is 0 Å². The van der Waals surface area contributed by atoms with Crippen molar-refractivity contribution in [3.05, 3.63) is 45.8 Å². The molecule has 0 spiro atoms. The average Bonchev–Trinajstić information content (AvgIpc) is 2.96. The van der Waals surface area contributed by atoms with Crippen molar-refractivity contribution in [3.63, 3.8) is 0 Å². The van der Waals surface area contributed by atoms with E-state index in [9.17, 15) is 0 Å². The lowest BCUT2D eigenvalue weighted by Gasteiger charge is -2.12. The molecule has 142 valence electrons. The molecule has 0 aliphatic carbocycles. The maximum absolute atomic E-state index is 6.27. The number of aryl methyl sites for hydroxylation is 2. The predicted octanol–water partition coefficient (Wildman–Crippen LogP) is 3.29. The second-order valence-electron chi connectivity index (χ2n) is 6.04. The fourth-order valence-corrected chi connectivity index (χ4v) is 2.99. The van der Waals surface area contributed by atoms with E-state index in [1.807, 2.05) is 32.0 Å². The molecular weight excluding hydrogens is 352 g/mol. The summed E-state index contributed by atoms with van der Waals surface area (Å²) < 4.78 is 10.4. The summed E-state index contributed by atoms with van der Waals surface area (Å²) in [5, 5.41) is 11.3. The Hall–Kier alpha value is -2.21. The van der Waals surface area contributed by atoms with E-state index in [1.54, 1.807) is 14.2 Å². The Balaban J connectivity index is 1.71. The van der Waals surface area contributed by atoms with E-state index < -0.39 is 0 Å². The predicted molar refractivity (Wildman–Crippen MR) is 105 cm³/mol. The van der Waals surface area contributed by atoms with E-state index in [4.69, 9.17) is 20.9 Å². The SMILES string of the molecule is CN=C(NCCCc1c(C)noc1C)NCCc1ccc(OC)cc1Cl. The second-order valence-corrected chi connectivity index (χ2v) is 6.45. The molecule has 0 saturated heterocycles. The molecule has 2 aromatic rings. The fraction of sp³-hybridized carbons (Fsp3) is 0.474. The lowest BCUT2D eigenvalue weighted by molar-refractivity contribution is 0.392. The normalized spacial score (nSPS) is 11.5. The van der Waals surface area contributed by atoms with Gasteiger partial charge in [-0.15, -0.1) is 0 Å². The molecule has 0 unspecified atom stereocenters. The number of hydrogen-bond acceptors (Lipinski definition) is 4. The van der Waals surface area contributed by atoms with Gasteiger partial charge in [0.25, 0.3) is 0 Å². The Morgan fingerprint density at radius 2 is 2.00 bits per heavy atom. The summed E-state index contributed by atoms with van der Waals surface area (Å²) in [5.41, 5.74) is 3.25. The van der Waals surface area contributed by atoms with Crippen molar-refractivity contribution in [1.82, 2.24) is 15.8 Å². The molecule has 0 radical (unpaired) electrons. The van der Waals surface area contributed by atoms with Crippen molar-refractivity contribution in [2.75, 3.05) is 27.2 Å². The van der Waals surface area contributed by atoms with E-state index in [2.05, 4.69) is 20.8 Å². The van der Waals surface area contributed by atoms with Crippen LogP contribution in [-0.4, -0.2) is 38.4 Å². The van der Waals surface area contributed by atoms with E-state index in [-0.39, 0.29) is 0 Å². The number of guanidine groups is 1. The first-order valence-corrected chi connectivity index (χ1v) is 9.11. The topological polar surface area (TPSA) is 71.7 Å². The van der Waals surface area contributed by atoms with Gasteiger partial charge in [0.15, 0.2) is 5.96 Å². The number of methoxy groups -OCH3 is 1. The molecule has 0 fully saturated rings. The highest BCUT2D eigenvalue weighted by molar-refractivity contribution is 6.31. The molecule has 1 aromatic heterocycles. The van der Waals surface area contributed by atoms with E-state index in [0.29, 0.717) is 5.02 Å². The van der Waals surface area contributed by atoms with Crippen molar-refractivity contribution in [1.29, 1.82) is 0 Å². The number of aromatic nitrogens is 1. The minimum absolute atomic E-state index is 0.716. The van der Waals surface area contributed by atoms with Crippen molar-refractivity contribution < 1.29 is 9.26 Å². The standard InChI is InChI=1S/C19H27ClN4O2/c1-13-17(14(2)26-24-13)6-5-10-22-19(21-3)23-11-9-15-7-8-16(25-4)12-18(15)20/h7-8,12H,5-6,9-11H2,1-4H3,(H2,21,22,23). The molecular formula is C19H27ClN4O2. The van der Waals surface area contributed by atoms with E-state index in [0.717, 1.165) is 61.1 Å².